The highest BCUT2D eigenvalue weighted by molar-refractivity contribution is 7.17. The number of benzene rings is 2. The topological polar surface area (TPSA) is 110 Å². The number of amides is 1. The fraction of sp³-hybridized carbons (Fsp3) is 0.208. The lowest BCUT2D eigenvalue weighted by molar-refractivity contribution is 0.0766. The lowest BCUT2D eigenvalue weighted by Crippen LogP contribution is -2.34. The van der Waals surface area contributed by atoms with Crippen molar-refractivity contribution in [1.29, 1.82) is 0 Å². The van der Waals surface area contributed by atoms with Gasteiger partial charge in [-0.05, 0) is 25.1 Å². The van der Waals surface area contributed by atoms with Gasteiger partial charge < -0.3 is 16.0 Å². The molecular formula is C24H27N7OS. The molecule has 0 unspecified atom stereocenters. The standard InChI is InChI=1S/C24H23N7OS.2H2/c25-21-20(23-30-29-22(33-23)17-5-2-1-3-6-17)28-19(15-27-21)16-7-9-18(10-8-16)24(32)31-13-4-11-26-12-14-31;;/h1-3,5-10,15,26H,4,11-14H2,(H2,25,27);2*1H. The highest BCUT2D eigenvalue weighted by Crippen LogP contribution is 2.32. The van der Waals surface area contributed by atoms with Crippen LogP contribution < -0.4 is 11.1 Å². The first kappa shape index (κ1) is 21.2. The average molecular weight is 462 g/mol. The summed E-state index contributed by atoms with van der Waals surface area (Å²) in [6, 6.07) is 17.3. The van der Waals surface area contributed by atoms with E-state index < -0.39 is 0 Å². The zero-order valence-corrected chi connectivity index (χ0v) is 18.8. The summed E-state index contributed by atoms with van der Waals surface area (Å²) in [5.74, 6) is 0.354. The maximum atomic E-state index is 12.8. The number of carbonyl (C=O) groups is 1. The number of nitrogens with zero attached hydrogens (tertiary/aromatic N) is 5. The molecule has 2 aromatic carbocycles. The van der Waals surface area contributed by atoms with E-state index in [2.05, 4.69) is 20.5 Å². The van der Waals surface area contributed by atoms with Crippen molar-refractivity contribution in [2.75, 3.05) is 31.9 Å². The van der Waals surface area contributed by atoms with E-state index in [0.29, 0.717) is 27.8 Å². The van der Waals surface area contributed by atoms with E-state index in [1.54, 1.807) is 6.20 Å². The molecule has 0 atom stereocenters. The largest absolute Gasteiger partial charge is 0.382 e. The predicted molar refractivity (Wildman–Crippen MR) is 134 cm³/mol. The van der Waals surface area contributed by atoms with Crippen LogP contribution in [0, 0.1) is 0 Å². The van der Waals surface area contributed by atoms with Crippen LogP contribution in [0.4, 0.5) is 5.82 Å². The molecule has 3 N–H and O–H groups in total. The van der Waals surface area contributed by atoms with Gasteiger partial charge in [-0.2, -0.15) is 0 Å². The van der Waals surface area contributed by atoms with E-state index in [-0.39, 0.29) is 8.76 Å². The zero-order valence-electron chi connectivity index (χ0n) is 17.9. The second kappa shape index (κ2) is 9.43. The molecule has 5 rings (SSSR count). The molecule has 1 saturated heterocycles. The minimum absolute atomic E-state index is 0. The van der Waals surface area contributed by atoms with Crippen LogP contribution in [0.1, 0.15) is 19.6 Å². The van der Waals surface area contributed by atoms with Gasteiger partial charge in [-0.15, -0.1) is 10.2 Å². The van der Waals surface area contributed by atoms with E-state index in [1.165, 1.54) is 11.3 Å². The minimum atomic E-state index is 0. The molecule has 0 saturated carbocycles. The summed E-state index contributed by atoms with van der Waals surface area (Å²) >= 11 is 1.42. The monoisotopic (exact) mass is 461 g/mol. The predicted octanol–water partition coefficient (Wildman–Crippen LogP) is 3.84. The summed E-state index contributed by atoms with van der Waals surface area (Å²) in [7, 11) is 0. The number of hydrogen-bond donors (Lipinski definition) is 2. The molecule has 170 valence electrons. The van der Waals surface area contributed by atoms with E-state index in [9.17, 15) is 4.79 Å². The van der Waals surface area contributed by atoms with Crippen LogP contribution in [0.3, 0.4) is 0 Å². The van der Waals surface area contributed by atoms with Crippen LogP contribution in [-0.4, -0.2) is 57.2 Å². The van der Waals surface area contributed by atoms with Gasteiger partial charge in [-0.25, -0.2) is 9.97 Å². The van der Waals surface area contributed by atoms with Crippen LogP contribution in [0.2, 0.25) is 0 Å². The highest BCUT2D eigenvalue weighted by Gasteiger charge is 2.18. The number of hydrogen-bond acceptors (Lipinski definition) is 8. The van der Waals surface area contributed by atoms with Crippen molar-refractivity contribution in [1.82, 2.24) is 30.4 Å². The fourth-order valence-electron chi connectivity index (χ4n) is 3.73. The van der Waals surface area contributed by atoms with Gasteiger partial charge in [0.2, 0.25) is 0 Å². The van der Waals surface area contributed by atoms with Gasteiger partial charge >= 0.3 is 0 Å². The van der Waals surface area contributed by atoms with Crippen molar-refractivity contribution >= 4 is 23.1 Å². The van der Waals surface area contributed by atoms with Crippen LogP contribution in [0.15, 0.2) is 60.8 Å². The first-order chi connectivity index (χ1) is 16.2. The van der Waals surface area contributed by atoms with Gasteiger partial charge in [0.1, 0.15) is 10.7 Å². The molecule has 4 aromatic rings. The molecule has 33 heavy (non-hydrogen) atoms. The lowest BCUT2D eigenvalue weighted by Gasteiger charge is -2.20. The Balaban J connectivity index is 0.00000171. The van der Waals surface area contributed by atoms with Crippen molar-refractivity contribution < 1.29 is 7.65 Å². The maximum absolute atomic E-state index is 12.8. The second-order valence-electron chi connectivity index (χ2n) is 7.74. The molecule has 0 aliphatic carbocycles. The molecule has 9 heteroatoms. The van der Waals surface area contributed by atoms with E-state index in [1.807, 2.05) is 59.5 Å². The number of carbonyl (C=O) groups excluding carboxylic acids is 1. The number of nitrogens with two attached hydrogens (primary N) is 1. The Bertz CT molecular complexity index is 1260. The quantitative estimate of drug-likeness (QED) is 0.475. The minimum Gasteiger partial charge on any atom is -0.382 e. The van der Waals surface area contributed by atoms with Crippen molar-refractivity contribution in [2.24, 2.45) is 0 Å². The number of anilines is 1. The number of aromatic nitrogens is 4. The Morgan fingerprint density at radius 2 is 1.76 bits per heavy atom. The van der Waals surface area contributed by atoms with E-state index in [0.717, 1.165) is 48.7 Å². The van der Waals surface area contributed by atoms with Crippen molar-refractivity contribution in [3.8, 4) is 32.5 Å². The van der Waals surface area contributed by atoms with Crippen molar-refractivity contribution in [3.05, 3.63) is 66.4 Å². The third-order valence-corrected chi connectivity index (χ3v) is 6.48. The molecule has 1 fully saturated rings. The summed E-state index contributed by atoms with van der Waals surface area (Å²) in [4.78, 5) is 23.8. The maximum Gasteiger partial charge on any atom is 0.253 e. The van der Waals surface area contributed by atoms with Crippen LogP contribution in [0.5, 0.6) is 0 Å². The summed E-state index contributed by atoms with van der Waals surface area (Å²) in [5, 5.41) is 13.3. The number of nitrogen functional groups attached to an aromatic ring is 1. The molecule has 0 radical (unpaired) electrons. The number of nitrogens with one attached hydrogen (secondary N) is 1. The normalized spacial score (nSPS) is 14.1. The third kappa shape index (κ3) is 4.59. The Labute approximate surface area is 198 Å². The van der Waals surface area contributed by atoms with Gasteiger partial charge in [0, 0.05) is 39.2 Å². The molecule has 8 nitrogen and oxygen atoms in total. The van der Waals surface area contributed by atoms with Crippen LogP contribution >= 0.6 is 11.3 Å². The summed E-state index contributed by atoms with van der Waals surface area (Å²) in [6.45, 7) is 3.26. The van der Waals surface area contributed by atoms with Crippen molar-refractivity contribution in [2.45, 2.75) is 6.42 Å². The van der Waals surface area contributed by atoms with E-state index >= 15 is 0 Å². The van der Waals surface area contributed by atoms with Crippen molar-refractivity contribution in [3.63, 3.8) is 0 Å². The van der Waals surface area contributed by atoms with Gasteiger partial charge in [-0.1, -0.05) is 53.8 Å². The Kier molecular flexibility index (Phi) is 6.05. The fourth-order valence-corrected chi connectivity index (χ4v) is 4.57. The molecular weight excluding hydrogens is 434 g/mol. The Hall–Kier alpha value is -3.69. The summed E-state index contributed by atoms with van der Waals surface area (Å²) in [5.41, 5.74) is 9.79. The zero-order chi connectivity index (χ0) is 22.6. The Morgan fingerprint density at radius 1 is 0.970 bits per heavy atom. The smallest absolute Gasteiger partial charge is 0.253 e. The van der Waals surface area contributed by atoms with Gasteiger partial charge in [-0.3, -0.25) is 4.79 Å². The highest BCUT2D eigenvalue weighted by atomic mass is 32.1. The SMILES string of the molecule is Nc1ncc(-c2ccc(C(=O)N3CCCNCC3)cc2)nc1-c1nnc(-c2ccccc2)s1.[HH].[HH]. The van der Waals surface area contributed by atoms with Gasteiger partial charge in [0.25, 0.3) is 5.91 Å². The van der Waals surface area contributed by atoms with Gasteiger partial charge in [0.05, 0.1) is 11.9 Å². The summed E-state index contributed by atoms with van der Waals surface area (Å²) in [6.07, 6.45) is 2.60. The van der Waals surface area contributed by atoms with Crippen LogP contribution in [0.25, 0.3) is 32.5 Å². The molecule has 1 amide bonds. The lowest BCUT2D eigenvalue weighted by atomic mass is 10.1. The van der Waals surface area contributed by atoms with Gasteiger partial charge in [0.15, 0.2) is 10.8 Å². The molecule has 2 aromatic heterocycles. The molecule has 0 spiro atoms. The Morgan fingerprint density at radius 3 is 2.58 bits per heavy atom. The first-order valence-electron chi connectivity index (χ1n) is 10.8. The van der Waals surface area contributed by atoms with Crippen LogP contribution in [-0.2, 0) is 0 Å². The first-order valence-corrected chi connectivity index (χ1v) is 11.6. The molecule has 0 bridgehead atoms. The second-order valence-corrected chi connectivity index (χ2v) is 8.72. The molecule has 1 aliphatic rings. The van der Waals surface area contributed by atoms with E-state index in [4.69, 9.17) is 10.7 Å². The third-order valence-electron chi connectivity index (χ3n) is 5.50. The average Bonchev–Trinajstić information content (AvgIpc) is 3.19. The summed E-state index contributed by atoms with van der Waals surface area (Å²) < 4.78 is 0. The number of rotatable bonds is 4. The molecule has 1 aliphatic heterocycles. The molecule has 3 heterocycles.